The number of nitrogens with zero attached hydrogens (tertiary/aromatic N) is 3. The Morgan fingerprint density at radius 1 is 0.909 bits per heavy atom. The van der Waals surface area contributed by atoms with Gasteiger partial charge in [0, 0.05) is 45.1 Å². The maximum Gasteiger partial charge on any atom is 0.225 e. The van der Waals surface area contributed by atoms with Crippen LogP contribution in [0.3, 0.4) is 0 Å². The molecule has 7 nitrogen and oxygen atoms in total. The second-order valence-corrected chi connectivity index (χ2v) is 8.33. The molecule has 33 heavy (non-hydrogen) atoms. The number of nitrogens with one attached hydrogen (secondary N) is 4. The first-order valence-corrected chi connectivity index (χ1v) is 11.1. The lowest BCUT2D eigenvalue weighted by molar-refractivity contribution is 0.998. The Balaban J connectivity index is 1.28. The van der Waals surface area contributed by atoms with Gasteiger partial charge in [0.2, 0.25) is 5.95 Å². The van der Waals surface area contributed by atoms with Crippen LogP contribution in [0.15, 0.2) is 73.1 Å². The topological polar surface area (TPSA) is 94.3 Å². The molecule has 162 valence electrons. The van der Waals surface area contributed by atoms with Gasteiger partial charge in [-0.2, -0.15) is 10.1 Å². The van der Waals surface area contributed by atoms with Crippen LogP contribution in [0.5, 0.6) is 0 Å². The number of halogens is 1. The first kappa shape index (κ1) is 19.6. The third-order valence-electron chi connectivity index (χ3n) is 5.71. The summed E-state index contributed by atoms with van der Waals surface area (Å²) in [5, 5.41) is 17.6. The Kier molecular flexibility index (Phi) is 4.81. The van der Waals surface area contributed by atoms with Gasteiger partial charge < -0.3 is 15.6 Å². The summed E-state index contributed by atoms with van der Waals surface area (Å²) >= 11 is 6.27. The summed E-state index contributed by atoms with van der Waals surface area (Å²) in [5.74, 6) is 1.26. The van der Waals surface area contributed by atoms with Crippen LogP contribution in [0.4, 0.5) is 17.5 Å². The van der Waals surface area contributed by atoms with E-state index in [0.29, 0.717) is 23.3 Å². The zero-order valence-corrected chi connectivity index (χ0v) is 18.3. The van der Waals surface area contributed by atoms with Crippen molar-refractivity contribution in [2.24, 2.45) is 0 Å². The monoisotopic (exact) mass is 453 g/mol. The first-order chi connectivity index (χ1) is 16.2. The number of hydrogen-bond acceptors (Lipinski definition) is 5. The van der Waals surface area contributed by atoms with Crippen molar-refractivity contribution in [2.75, 3.05) is 17.2 Å². The maximum absolute atomic E-state index is 6.27. The fraction of sp³-hybridized carbons (Fsp3) is 0.0800. The summed E-state index contributed by atoms with van der Waals surface area (Å²) in [4.78, 5) is 12.8. The average molecular weight is 454 g/mol. The molecule has 0 aliphatic rings. The Labute approximate surface area is 194 Å². The molecule has 3 aromatic heterocycles. The summed E-state index contributed by atoms with van der Waals surface area (Å²) in [6.07, 6.45) is 4.72. The van der Waals surface area contributed by atoms with Crippen molar-refractivity contribution >= 4 is 61.8 Å². The molecule has 0 aliphatic heterocycles. The summed E-state index contributed by atoms with van der Waals surface area (Å²) in [5.41, 5.74) is 5.12. The van der Waals surface area contributed by atoms with Gasteiger partial charge in [-0.05, 0) is 54.4 Å². The lowest BCUT2D eigenvalue weighted by Crippen LogP contribution is -2.09. The highest BCUT2D eigenvalue weighted by molar-refractivity contribution is 6.31. The number of para-hydroxylation sites is 1. The molecular formula is C25H20ClN7. The van der Waals surface area contributed by atoms with E-state index >= 15 is 0 Å². The number of hydrogen-bond donors (Lipinski definition) is 4. The van der Waals surface area contributed by atoms with E-state index in [4.69, 9.17) is 21.6 Å². The van der Waals surface area contributed by atoms with Crippen molar-refractivity contribution in [1.82, 2.24) is 25.1 Å². The Morgan fingerprint density at radius 3 is 2.82 bits per heavy atom. The normalized spacial score (nSPS) is 11.4. The van der Waals surface area contributed by atoms with Crippen LogP contribution < -0.4 is 10.6 Å². The number of aromatic amines is 2. The van der Waals surface area contributed by atoms with Crippen molar-refractivity contribution in [3.8, 4) is 0 Å². The van der Waals surface area contributed by atoms with Gasteiger partial charge in [-0.1, -0.05) is 29.8 Å². The van der Waals surface area contributed by atoms with E-state index in [0.717, 1.165) is 39.4 Å². The highest BCUT2D eigenvalue weighted by atomic mass is 35.5. The van der Waals surface area contributed by atoms with E-state index in [1.807, 2.05) is 42.5 Å². The SMILES string of the molecule is Clc1ccc2nc(NCCc3c[nH]c4ccccc34)nc(Nc3ccc4[nH]ncc4c3)c2c1. The van der Waals surface area contributed by atoms with E-state index < -0.39 is 0 Å². The molecule has 0 atom stereocenters. The van der Waals surface area contributed by atoms with E-state index in [9.17, 15) is 0 Å². The molecule has 0 spiro atoms. The van der Waals surface area contributed by atoms with Crippen LogP contribution in [-0.4, -0.2) is 31.7 Å². The molecule has 0 aliphatic carbocycles. The van der Waals surface area contributed by atoms with Crippen LogP contribution in [0.2, 0.25) is 5.02 Å². The van der Waals surface area contributed by atoms with Crippen molar-refractivity contribution in [2.45, 2.75) is 6.42 Å². The molecule has 3 aromatic carbocycles. The predicted octanol–water partition coefficient (Wildman–Crippen LogP) is 6.04. The molecule has 0 saturated heterocycles. The summed E-state index contributed by atoms with van der Waals surface area (Å²) in [6.45, 7) is 0.710. The van der Waals surface area contributed by atoms with Crippen molar-refractivity contribution in [1.29, 1.82) is 0 Å². The smallest absolute Gasteiger partial charge is 0.225 e. The molecule has 4 N–H and O–H groups in total. The number of rotatable bonds is 6. The molecule has 8 heteroatoms. The lowest BCUT2D eigenvalue weighted by atomic mass is 10.1. The minimum absolute atomic E-state index is 0.566. The summed E-state index contributed by atoms with van der Waals surface area (Å²) in [6, 6.07) is 20.0. The average Bonchev–Trinajstić information content (AvgIpc) is 3.46. The van der Waals surface area contributed by atoms with Gasteiger partial charge in [-0.3, -0.25) is 5.10 Å². The molecule has 0 saturated carbocycles. The highest BCUT2D eigenvalue weighted by Crippen LogP contribution is 2.29. The van der Waals surface area contributed by atoms with Gasteiger partial charge in [-0.25, -0.2) is 4.98 Å². The van der Waals surface area contributed by atoms with Gasteiger partial charge in [0.1, 0.15) is 5.82 Å². The minimum Gasteiger partial charge on any atom is -0.361 e. The van der Waals surface area contributed by atoms with Crippen molar-refractivity contribution < 1.29 is 0 Å². The summed E-state index contributed by atoms with van der Waals surface area (Å²) in [7, 11) is 0. The van der Waals surface area contributed by atoms with Crippen LogP contribution in [0.1, 0.15) is 5.56 Å². The molecule has 3 heterocycles. The highest BCUT2D eigenvalue weighted by Gasteiger charge is 2.10. The van der Waals surface area contributed by atoms with E-state index in [-0.39, 0.29) is 0 Å². The number of H-pyrrole nitrogens is 2. The summed E-state index contributed by atoms with van der Waals surface area (Å²) < 4.78 is 0. The van der Waals surface area contributed by atoms with E-state index in [1.165, 1.54) is 10.9 Å². The number of benzene rings is 3. The van der Waals surface area contributed by atoms with Crippen LogP contribution in [0, 0.1) is 0 Å². The predicted molar refractivity (Wildman–Crippen MR) is 134 cm³/mol. The van der Waals surface area contributed by atoms with Gasteiger partial charge in [-0.15, -0.1) is 0 Å². The van der Waals surface area contributed by atoms with Crippen LogP contribution in [-0.2, 0) is 6.42 Å². The van der Waals surface area contributed by atoms with Crippen LogP contribution >= 0.6 is 11.6 Å². The van der Waals surface area contributed by atoms with Gasteiger partial charge >= 0.3 is 0 Å². The number of fused-ring (bicyclic) bond motifs is 3. The quantitative estimate of drug-likeness (QED) is 0.246. The second kappa shape index (κ2) is 8.11. The van der Waals surface area contributed by atoms with Crippen molar-refractivity contribution in [3.63, 3.8) is 0 Å². The number of anilines is 3. The second-order valence-electron chi connectivity index (χ2n) is 7.89. The maximum atomic E-state index is 6.27. The molecule has 0 unspecified atom stereocenters. The first-order valence-electron chi connectivity index (χ1n) is 10.7. The fourth-order valence-electron chi connectivity index (χ4n) is 4.08. The van der Waals surface area contributed by atoms with Gasteiger partial charge in [0.15, 0.2) is 0 Å². The molecule has 6 rings (SSSR count). The Bertz CT molecular complexity index is 1600. The zero-order valence-electron chi connectivity index (χ0n) is 17.6. The molecule has 6 aromatic rings. The molecule has 0 fully saturated rings. The zero-order chi connectivity index (χ0) is 22.2. The van der Waals surface area contributed by atoms with Gasteiger partial charge in [0.25, 0.3) is 0 Å². The molecular weight excluding hydrogens is 434 g/mol. The Morgan fingerprint density at radius 2 is 1.85 bits per heavy atom. The third kappa shape index (κ3) is 3.83. The molecule has 0 radical (unpaired) electrons. The van der Waals surface area contributed by atoms with Crippen LogP contribution in [0.25, 0.3) is 32.7 Å². The minimum atomic E-state index is 0.566. The number of aromatic nitrogens is 5. The Hall–Kier alpha value is -4.10. The van der Waals surface area contributed by atoms with Gasteiger partial charge in [0.05, 0.1) is 17.2 Å². The fourth-order valence-corrected chi connectivity index (χ4v) is 4.25. The standard InChI is InChI=1S/C25H20ClN7/c26-17-5-7-23-20(12-17)24(30-18-6-8-21-16(11-18)14-29-33-21)32-25(31-23)27-10-9-15-13-28-22-4-2-1-3-19(15)22/h1-8,11-14,28H,9-10H2,(H,29,33)(H2,27,30,31,32). The lowest BCUT2D eigenvalue weighted by Gasteiger charge is -2.12. The van der Waals surface area contributed by atoms with E-state index in [1.54, 1.807) is 6.20 Å². The van der Waals surface area contributed by atoms with Crippen molar-refractivity contribution in [3.05, 3.63) is 83.6 Å². The largest absolute Gasteiger partial charge is 0.361 e. The van der Waals surface area contributed by atoms with E-state index in [2.05, 4.69) is 50.2 Å². The molecule has 0 bridgehead atoms. The third-order valence-corrected chi connectivity index (χ3v) is 5.95. The molecule has 0 amide bonds.